The summed E-state index contributed by atoms with van der Waals surface area (Å²) in [6.07, 6.45) is 6.98. The van der Waals surface area contributed by atoms with Gasteiger partial charge in [-0.05, 0) is 44.0 Å². The van der Waals surface area contributed by atoms with Crippen LogP contribution < -0.4 is 15.8 Å². The van der Waals surface area contributed by atoms with Crippen LogP contribution in [-0.2, 0) is 20.0 Å². The maximum absolute atomic E-state index is 13.4. The number of anilines is 3. The van der Waals surface area contributed by atoms with Crippen molar-refractivity contribution in [1.29, 1.82) is 0 Å². The zero-order chi connectivity index (χ0) is 23.8. The number of aromatic nitrogens is 4. The minimum absolute atomic E-state index is 0.0105. The van der Waals surface area contributed by atoms with Gasteiger partial charge in [0.1, 0.15) is 17.9 Å². The van der Waals surface area contributed by atoms with Gasteiger partial charge in [0.25, 0.3) is 5.56 Å². The molecule has 1 saturated heterocycles. The first-order valence-corrected chi connectivity index (χ1v) is 11.7. The lowest BCUT2D eigenvalue weighted by Crippen LogP contribution is -2.42. The molecule has 0 saturated carbocycles. The first kappa shape index (κ1) is 22.7. The number of fused-ring (bicyclic) bond motifs is 2. The van der Waals surface area contributed by atoms with Gasteiger partial charge in [-0.3, -0.25) is 9.69 Å². The fourth-order valence-electron chi connectivity index (χ4n) is 5.08. The molecule has 2 aliphatic heterocycles. The van der Waals surface area contributed by atoms with Gasteiger partial charge in [0.15, 0.2) is 5.82 Å². The Morgan fingerprint density at radius 2 is 2.09 bits per heavy atom. The molecule has 0 amide bonds. The number of rotatable bonds is 5. The quantitative estimate of drug-likeness (QED) is 0.589. The molecule has 5 rings (SSSR count). The Bertz CT molecular complexity index is 1260. The van der Waals surface area contributed by atoms with Crippen molar-refractivity contribution in [2.24, 2.45) is 7.05 Å². The van der Waals surface area contributed by atoms with Gasteiger partial charge in [-0.1, -0.05) is 0 Å². The van der Waals surface area contributed by atoms with E-state index in [0.717, 1.165) is 48.3 Å². The summed E-state index contributed by atoms with van der Waals surface area (Å²) in [6.45, 7) is 0.996. The zero-order valence-corrected chi connectivity index (χ0v) is 19.5. The number of hydrogen-bond donors (Lipinski definition) is 2. The lowest BCUT2D eigenvalue weighted by Gasteiger charge is -2.35. The maximum Gasteiger partial charge on any atom is 0.274 e. The summed E-state index contributed by atoms with van der Waals surface area (Å²) in [6, 6.07) is 3.47. The fraction of sp³-hybridized carbons (Fsp3) is 0.500. The summed E-state index contributed by atoms with van der Waals surface area (Å²) in [4.78, 5) is 30.9. The molecule has 0 aromatic carbocycles. The van der Waals surface area contributed by atoms with E-state index in [2.05, 4.69) is 20.2 Å². The summed E-state index contributed by atoms with van der Waals surface area (Å²) in [7, 11) is 3.62. The molecule has 0 spiro atoms. The van der Waals surface area contributed by atoms with Crippen molar-refractivity contribution in [1.82, 2.24) is 24.4 Å². The molecule has 0 aliphatic carbocycles. The van der Waals surface area contributed by atoms with E-state index in [0.29, 0.717) is 30.1 Å². The van der Waals surface area contributed by atoms with Crippen LogP contribution in [0.1, 0.15) is 30.5 Å². The standard InChI is InChI=1S/C24H30FN7O2/c1-30-13-16-9-19(23(34)31(2)20(16)10-18(30)11-25)28-24-27-12-15-6-7-26-22(21(15)29-24)32-8-4-3-5-17(32)14-33/h6-7,9,12,17-18,33H,3-5,8,10-11,13-14H2,1-2H3,(H,27,28,29). The normalized spacial score (nSPS) is 21.0. The Hall–Kier alpha value is -3.11. The Morgan fingerprint density at radius 1 is 1.24 bits per heavy atom. The monoisotopic (exact) mass is 467 g/mol. The third kappa shape index (κ3) is 4.01. The number of alkyl halides is 1. The van der Waals surface area contributed by atoms with Crippen molar-refractivity contribution >= 4 is 28.4 Å². The Labute approximate surface area is 197 Å². The van der Waals surface area contributed by atoms with Gasteiger partial charge in [-0.2, -0.15) is 0 Å². The third-order valence-corrected chi connectivity index (χ3v) is 7.12. The molecular weight excluding hydrogens is 437 g/mol. The van der Waals surface area contributed by atoms with Gasteiger partial charge in [-0.15, -0.1) is 0 Å². The van der Waals surface area contributed by atoms with Crippen molar-refractivity contribution in [3.8, 4) is 0 Å². The van der Waals surface area contributed by atoms with Crippen LogP contribution in [0.2, 0.25) is 0 Å². The molecule has 2 unspecified atom stereocenters. The van der Waals surface area contributed by atoms with Crippen molar-refractivity contribution in [2.75, 3.05) is 37.1 Å². The van der Waals surface area contributed by atoms with E-state index >= 15 is 0 Å². The molecule has 5 heterocycles. The highest BCUT2D eigenvalue weighted by Gasteiger charge is 2.27. The van der Waals surface area contributed by atoms with E-state index in [1.165, 1.54) is 0 Å². The average Bonchev–Trinajstić information content (AvgIpc) is 2.86. The number of halogens is 1. The first-order chi connectivity index (χ1) is 16.5. The number of nitrogens with one attached hydrogen (secondary N) is 1. The van der Waals surface area contributed by atoms with E-state index in [-0.39, 0.29) is 24.2 Å². The molecule has 180 valence electrons. The molecule has 0 bridgehead atoms. The van der Waals surface area contributed by atoms with Crippen LogP contribution in [0.3, 0.4) is 0 Å². The Kier molecular flexibility index (Phi) is 6.18. The molecule has 1 fully saturated rings. The number of aliphatic hydroxyl groups excluding tert-OH is 1. The van der Waals surface area contributed by atoms with E-state index in [9.17, 15) is 14.3 Å². The Balaban J connectivity index is 1.51. The molecule has 3 aromatic heterocycles. The highest BCUT2D eigenvalue weighted by molar-refractivity contribution is 5.89. The van der Waals surface area contributed by atoms with Crippen molar-refractivity contribution in [3.63, 3.8) is 0 Å². The summed E-state index contributed by atoms with van der Waals surface area (Å²) in [5.74, 6) is 1.03. The predicted octanol–water partition coefficient (Wildman–Crippen LogP) is 2.14. The summed E-state index contributed by atoms with van der Waals surface area (Å²) >= 11 is 0. The van der Waals surface area contributed by atoms with Crippen LogP contribution in [-0.4, -0.2) is 68.5 Å². The minimum Gasteiger partial charge on any atom is -0.394 e. The number of pyridine rings is 2. The van der Waals surface area contributed by atoms with Crippen LogP contribution >= 0.6 is 0 Å². The molecule has 9 nitrogen and oxygen atoms in total. The molecule has 10 heteroatoms. The number of aliphatic hydroxyl groups is 1. The highest BCUT2D eigenvalue weighted by atomic mass is 19.1. The summed E-state index contributed by atoms with van der Waals surface area (Å²) in [5.41, 5.74) is 2.71. The number of piperidine rings is 1. The summed E-state index contributed by atoms with van der Waals surface area (Å²) < 4.78 is 15.0. The van der Waals surface area contributed by atoms with E-state index in [1.807, 2.05) is 24.1 Å². The van der Waals surface area contributed by atoms with Gasteiger partial charge in [0, 0.05) is 56.1 Å². The summed E-state index contributed by atoms with van der Waals surface area (Å²) in [5, 5.41) is 13.8. The van der Waals surface area contributed by atoms with E-state index < -0.39 is 6.67 Å². The fourth-order valence-corrected chi connectivity index (χ4v) is 5.08. The minimum atomic E-state index is -0.445. The zero-order valence-electron chi connectivity index (χ0n) is 19.5. The van der Waals surface area contributed by atoms with Crippen LogP contribution in [0.4, 0.5) is 21.8 Å². The molecule has 0 radical (unpaired) electrons. The SMILES string of the molecule is CN1Cc2cc(Nc3ncc4ccnc(N5CCCCC5CO)c4n3)c(=O)n(C)c2CC1CF. The van der Waals surface area contributed by atoms with Gasteiger partial charge < -0.3 is 19.9 Å². The molecule has 2 aliphatic rings. The molecule has 3 aromatic rings. The van der Waals surface area contributed by atoms with E-state index in [1.54, 1.807) is 24.0 Å². The van der Waals surface area contributed by atoms with Crippen molar-refractivity contribution < 1.29 is 9.50 Å². The molecule has 34 heavy (non-hydrogen) atoms. The van der Waals surface area contributed by atoms with E-state index in [4.69, 9.17) is 4.98 Å². The topological polar surface area (TPSA) is 99.4 Å². The van der Waals surface area contributed by atoms with Crippen LogP contribution in [0.25, 0.3) is 10.9 Å². The average molecular weight is 468 g/mol. The van der Waals surface area contributed by atoms with Crippen molar-refractivity contribution in [3.05, 3.63) is 46.1 Å². The number of nitrogens with zero attached hydrogens (tertiary/aromatic N) is 6. The van der Waals surface area contributed by atoms with Gasteiger partial charge >= 0.3 is 0 Å². The lowest BCUT2D eigenvalue weighted by molar-refractivity contribution is 0.175. The van der Waals surface area contributed by atoms with Crippen LogP contribution in [0, 0.1) is 0 Å². The molecule has 2 N–H and O–H groups in total. The van der Waals surface area contributed by atoms with Crippen molar-refractivity contribution in [2.45, 2.75) is 44.3 Å². The predicted molar refractivity (Wildman–Crippen MR) is 129 cm³/mol. The van der Waals surface area contributed by atoms with Gasteiger partial charge in [0.2, 0.25) is 5.95 Å². The third-order valence-electron chi connectivity index (χ3n) is 7.12. The van der Waals surface area contributed by atoms with Gasteiger partial charge in [0.05, 0.1) is 12.6 Å². The second-order valence-electron chi connectivity index (χ2n) is 9.24. The van der Waals surface area contributed by atoms with Crippen LogP contribution in [0.5, 0.6) is 0 Å². The van der Waals surface area contributed by atoms with Gasteiger partial charge in [-0.25, -0.2) is 19.3 Å². The number of hydrogen-bond acceptors (Lipinski definition) is 8. The largest absolute Gasteiger partial charge is 0.394 e. The highest BCUT2D eigenvalue weighted by Crippen LogP contribution is 2.29. The Morgan fingerprint density at radius 3 is 2.88 bits per heavy atom. The maximum atomic E-state index is 13.4. The number of likely N-dealkylation sites (N-methyl/N-ethyl adjacent to an activating group) is 1. The smallest absolute Gasteiger partial charge is 0.274 e. The van der Waals surface area contributed by atoms with Crippen LogP contribution in [0.15, 0.2) is 29.3 Å². The second-order valence-corrected chi connectivity index (χ2v) is 9.24. The second kappa shape index (κ2) is 9.27. The first-order valence-electron chi connectivity index (χ1n) is 11.7. The molecular formula is C24H30FN7O2. The molecule has 2 atom stereocenters. The lowest BCUT2D eigenvalue weighted by atomic mass is 9.99.